The van der Waals surface area contributed by atoms with Gasteiger partial charge in [-0.2, -0.15) is 0 Å². The fraction of sp³-hybridized carbons (Fsp3) is 0.680. The first kappa shape index (κ1) is 46.0. The standard InChI is InChI=1S/C9H20O4.C8H18O5.4C2H4/c1-7(11)5-12-9(3)6-13-8(2)4-10;9-1-3-11-5-7-13-8-6-12-4-2-10;4*1-2/h7-11H,4-6H2,1-3H3;9-10H,1-8H2;4*1-2H2. The van der Waals surface area contributed by atoms with E-state index < -0.39 is 6.10 Å². The minimum Gasteiger partial charge on any atom is -0.394 e. The van der Waals surface area contributed by atoms with Crippen LogP contribution in [0.15, 0.2) is 52.6 Å². The maximum Gasteiger partial charge on any atom is 0.0781 e. The largest absolute Gasteiger partial charge is 0.394 e. The summed E-state index contributed by atoms with van der Waals surface area (Å²) in [6, 6.07) is 0. The van der Waals surface area contributed by atoms with Crippen molar-refractivity contribution in [2.24, 2.45) is 0 Å². The van der Waals surface area contributed by atoms with E-state index in [1.165, 1.54) is 0 Å². The Morgan fingerprint density at radius 2 is 0.853 bits per heavy atom. The SMILES string of the molecule is C=C.C=C.C=C.C=C.CC(O)COC(C)COC(C)CO.OCCOCCOCCOCCO. The molecule has 0 aromatic rings. The third-order valence-electron chi connectivity index (χ3n) is 2.71. The molecule has 208 valence electrons. The van der Waals surface area contributed by atoms with Crippen LogP contribution in [0.25, 0.3) is 0 Å². The lowest BCUT2D eigenvalue weighted by molar-refractivity contribution is -0.0620. The average Bonchev–Trinajstić information content (AvgIpc) is 2.90. The van der Waals surface area contributed by atoms with Gasteiger partial charge in [-0.05, 0) is 20.8 Å². The first-order chi connectivity index (χ1) is 16.5. The smallest absolute Gasteiger partial charge is 0.0781 e. The Bertz CT molecular complexity index is 290. The molecule has 0 aliphatic rings. The second-order valence-corrected chi connectivity index (χ2v) is 5.60. The molecule has 0 saturated heterocycles. The van der Waals surface area contributed by atoms with E-state index in [1.807, 2.05) is 6.92 Å². The van der Waals surface area contributed by atoms with Crippen LogP contribution in [0.2, 0.25) is 0 Å². The molecule has 3 unspecified atom stereocenters. The molecular formula is C25H54O9. The molecule has 0 aliphatic heterocycles. The third kappa shape index (κ3) is 63.2. The lowest BCUT2D eigenvalue weighted by Gasteiger charge is -2.16. The normalized spacial score (nSPS) is 11.5. The molecular weight excluding hydrogens is 444 g/mol. The van der Waals surface area contributed by atoms with Crippen LogP contribution in [0.1, 0.15) is 20.8 Å². The van der Waals surface area contributed by atoms with Crippen molar-refractivity contribution in [1.29, 1.82) is 0 Å². The third-order valence-corrected chi connectivity index (χ3v) is 2.71. The van der Waals surface area contributed by atoms with Crippen molar-refractivity contribution in [3.05, 3.63) is 52.6 Å². The fourth-order valence-electron chi connectivity index (χ4n) is 1.38. The molecule has 0 spiro atoms. The van der Waals surface area contributed by atoms with Crippen molar-refractivity contribution in [2.75, 3.05) is 72.7 Å². The average molecular weight is 499 g/mol. The summed E-state index contributed by atoms with van der Waals surface area (Å²) in [5.74, 6) is 0. The maximum atomic E-state index is 8.92. The lowest BCUT2D eigenvalue weighted by Crippen LogP contribution is -2.24. The van der Waals surface area contributed by atoms with E-state index in [2.05, 4.69) is 52.6 Å². The minimum atomic E-state index is -0.447. The molecule has 9 nitrogen and oxygen atoms in total. The Morgan fingerprint density at radius 1 is 0.529 bits per heavy atom. The number of aliphatic hydroxyl groups excluding tert-OH is 4. The molecule has 0 amide bonds. The van der Waals surface area contributed by atoms with Gasteiger partial charge < -0.3 is 44.1 Å². The van der Waals surface area contributed by atoms with Gasteiger partial charge in [-0.15, -0.1) is 52.6 Å². The van der Waals surface area contributed by atoms with E-state index in [0.29, 0.717) is 52.9 Å². The van der Waals surface area contributed by atoms with E-state index in [4.69, 9.17) is 44.1 Å². The van der Waals surface area contributed by atoms with Gasteiger partial charge in [0, 0.05) is 0 Å². The second-order valence-electron chi connectivity index (χ2n) is 5.60. The topological polar surface area (TPSA) is 127 Å². The van der Waals surface area contributed by atoms with Gasteiger partial charge >= 0.3 is 0 Å². The summed E-state index contributed by atoms with van der Waals surface area (Å²) in [5, 5.41) is 34.3. The van der Waals surface area contributed by atoms with Gasteiger partial charge in [0.2, 0.25) is 0 Å². The Labute approximate surface area is 209 Å². The molecule has 9 heteroatoms. The lowest BCUT2D eigenvalue weighted by atomic mass is 10.4. The van der Waals surface area contributed by atoms with Gasteiger partial charge in [0.05, 0.1) is 91.0 Å². The van der Waals surface area contributed by atoms with E-state index in [1.54, 1.807) is 13.8 Å². The van der Waals surface area contributed by atoms with Crippen LogP contribution >= 0.6 is 0 Å². The molecule has 0 radical (unpaired) electrons. The zero-order chi connectivity index (χ0) is 28.0. The molecule has 0 aliphatic carbocycles. The molecule has 0 bridgehead atoms. The molecule has 0 aromatic heterocycles. The first-order valence-corrected chi connectivity index (χ1v) is 10.9. The monoisotopic (exact) mass is 498 g/mol. The number of hydrogen-bond donors (Lipinski definition) is 4. The minimum absolute atomic E-state index is 0.0170. The molecule has 0 heterocycles. The molecule has 0 fully saturated rings. The Kier molecular flexibility index (Phi) is 71.9. The van der Waals surface area contributed by atoms with Gasteiger partial charge in [-0.1, -0.05) is 0 Å². The number of ether oxygens (including phenoxy) is 5. The van der Waals surface area contributed by atoms with Crippen LogP contribution < -0.4 is 0 Å². The Morgan fingerprint density at radius 3 is 1.15 bits per heavy atom. The Hall–Kier alpha value is -1.40. The number of aliphatic hydroxyl groups is 4. The predicted octanol–water partition coefficient (Wildman–Crippen LogP) is 2.40. The summed E-state index contributed by atoms with van der Waals surface area (Å²) >= 11 is 0. The highest BCUT2D eigenvalue weighted by atomic mass is 16.6. The summed E-state index contributed by atoms with van der Waals surface area (Å²) in [5.41, 5.74) is 0. The van der Waals surface area contributed by atoms with Gasteiger partial charge in [0.1, 0.15) is 0 Å². The van der Waals surface area contributed by atoms with Crippen LogP contribution in [0, 0.1) is 0 Å². The van der Waals surface area contributed by atoms with Gasteiger partial charge in [-0.25, -0.2) is 0 Å². The van der Waals surface area contributed by atoms with Gasteiger partial charge in [0.15, 0.2) is 0 Å². The van der Waals surface area contributed by atoms with Crippen molar-refractivity contribution in [2.45, 2.75) is 39.1 Å². The van der Waals surface area contributed by atoms with Gasteiger partial charge in [0.25, 0.3) is 0 Å². The molecule has 0 rings (SSSR count). The highest BCUT2D eigenvalue weighted by molar-refractivity contribution is 4.53. The molecule has 4 N–H and O–H groups in total. The summed E-state index contributed by atoms with van der Waals surface area (Å²) in [6.45, 7) is 32.9. The van der Waals surface area contributed by atoms with Crippen LogP contribution in [-0.4, -0.2) is 111 Å². The van der Waals surface area contributed by atoms with Crippen molar-refractivity contribution in [3.63, 3.8) is 0 Å². The molecule has 0 aromatic carbocycles. The van der Waals surface area contributed by atoms with Crippen LogP contribution in [0.3, 0.4) is 0 Å². The summed E-state index contributed by atoms with van der Waals surface area (Å²) < 4.78 is 25.5. The zero-order valence-corrected chi connectivity index (χ0v) is 22.0. The van der Waals surface area contributed by atoms with E-state index in [0.717, 1.165) is 0 Å². The summed E-state index contributed by atoms with van der Waals surface area (Å²) in [4.78, 5) is 0. The number of rotatable bonds is 17. The highest BCUT2D eigenvalue weighted by Crippen LogP contribution is 1.97. The van der Waals surface area contributed by atoms with E-state index >= 15 is 0 Å². The first-order valence-electron chi connectivity index (χ1n) is 10.9. The van der Waals surface area contributed by atoms with Crippen molar-refractivity contribution in [1.82, 2.24) is 0 Å². The maximum absolute atomic E-state index is 8.92. The fourth-order valence-corrected chi connectivity index (χ4v) is 1.38. The molecule has 34 heavy (non-hydrogen) atoms. The second kappa shape index (κ2) is 53.1. The van der Waals surface area contributed by atoms with Crippen molar-refractivity contribution in [3.8, 4) is 0 Å². The molecule has 3 atom stereocenters. The quantitative estimate of drug-likeness (QED) is 0.177. The van der Waals surface area contributed by atoms with E-state index in [9.17, 15) is 0 Å². The van der Waals surface area contributed by atoms with Crippen molar-refractivity contribution >= 4 is 0 Å². The van der Waals surface area contributed by atoms with Crippen molar-refractivity contribution < 1.29 is 44.1 Å². The Balaban J connectivity index is -0.0000000887. The van der Waals surface area contributed by atoms with Crippen LogP contribution in [0.5, 0.6) is 0 Å². The predicted molar refractivity (Wildman–Crippen MR) is 141 cm³/mol. The van der Waals surface area contributed by atoms with Crippen LogP contribution in [-0.2, 0) is 23.7 Å². The summed E-state index contributed by atoms with van der Waals surface area (Å²) in [7, 11) is 0. The zero-order valence-electron chi connectivity index (χ0n) is 22.0. The van der Waals surface area contributed by atoms with Gasteiger partial charge in [-0.3, -0.25) is 0 Å². The summed E-state index contributed by atoms with van der Waals surface area (Å²) in [6.07, 6.45) is -0.654. The number of hydrogen-bond acceptors (Lipinski definition) is 9. The molecule has 0 saturated carbocycles. The van der Waals surface area contributed by atoms with Crippen LogP contribution in [0.4, 0.5) is 0 Å². The van der Waals surface area contributed by atoms with E-state index in [-0.39, 0.29) is 32.0 Å². The highest BCUT2D eigenvalue weighted by Gasteiger charge is 2.07.